The highest BCUT2D eigenvalue weighted by molar-refractivity contribution is 5.93. The molecule has 1 unspecified atom stereocenters. The van der Waals surface area contributed by atoms with Gasteiger partial charge in [0.25, 0.3) is 5.91 Å². The maximum Gasteiger partial charge on any atom is 0.270 e. The molecule has 0 aliphatic carbocycles. The molecule has 2 aliphatic rings. The van der Waals surface area contributed by atoms with Crippen LogP contribution in [0.25, 0.3) is 0 Å². The molecular weight excluding hydrogens is 244 g/mol. The number of hydrogen-bond acceptors (Lipinski definition) is 4. The summed E-state index contributed by atoms with van der Waals surface area (Å²) in [5, 5.41) is 0. The van der Waals surface area contributed by atoms with E-state index in [1.54, 1.807) is 12.3 Å². The van der Waals surface area contributed by atoms with Gasteiger partial charge in [-0.1, -0.05) is 0 Å². The second kappa shape index (κ2) is 5.22. The van der Waals surface area contributed by atoms with Crippen molar-refractivity contribution in [1.82, 2.24) is 14.8 Å². The standard InChI is InChI=1S/C13H20N4O2/c14-10-7-12(15-8-10)13(18)17-2-1-11(9-17)16-3-5-19-6-4-16/h7-8,11,15H,1-6,9,14H2. The average Bonchev–Trinajstić information content (AvgIpc) is 3.08. The number of rotatable bonds is 2. The number of aromatic nitrogens is 1. The van der Waals surface area contributed by atoms with Crippen LogP contribution in [0.4, 0.5) is 5.69 Å². The number of morpholine rings is 1. The molecule has 0 radical (unpaired) electrons. The molecule has 2 aliphatic heterocycles. The van der Waals surface area contributed by atoms with E-state index in [1.165, 1.54) is 0 Å². The molecule has 2 saturated heterocycles. The van der Waals surface area contributed by atoms with Gasteiger partial charge in [-0.15, -0.1) is 0 Å². The fourth-order valence-corrected chi connectivity index (χ4v) is 2.87. The summed E-state index contributed by atoms with van der Waals surface area (Å²) in [6, 6.07) is 2.17. The number of carbonyl (C=O) groups is 1. The zero-order chi connectivity index (χ0) is 13.2. The van der Waals surface area contributed by atoms with Crippen molar-refractivity contribution in [3.8, 4) is 0 Å². The molecule has 0 saturated carbocycles. The third kappa shape index (κ3) is 2.59. The van der Waals surface area contributed by atoms with Crippen molar-refractivity contribution in [1.29, 1.82) is 0 Å². The van der Waals surface area contributed by atoms with Crippen molar-refractivity contribution in [2.45, 2.75) is 12.5 Å². The van der Waals surface area contributed by atoms with Gasteiger partial charge in [-0.2, -0.15) is 0 Å². The number of carbonyl (C=O) groups excluding carboxylic acids is 1. The smallest absolute Gasteiger partial charge is 0.270 e. The number of ether oxygens (including phenoxy) is 1. The Balaban J connectivity index is 1.60. The van der Waals surface area contributed by atoms with Crippen LogP contribution >= 0.6 is 0 Å². The van der Waals surface area contributed by atoms with Gasteiger partial charge in [0, 0.05) is 44.1 Å². The summed E-state index contributed by atoms with van der Waals surface area (Å²) in [6.45, 7) is 5.18. The van der Waals surface area contributed by atoms with Crippen LogP contribution < -0.4 is 5.73 Å². The molecule has 2 fully saturated rings. The van der Waals surface area contributed by atoms with Gasteiger partial charge >= 0.3 is 0 Å². The number of amides is 1. The number of nitrogens with one attached hydrogen (secondary N) is 1. The van der Waals surface area contributed by atoms with Crippen LogP contribution in [0.2, 0.25) is 0 Å². The van der Waals surface area contributed by atoms with E-state index in [0.29, 0.717) is 17.4 Å². The van der Waals surface area contributed by atoms with E-state index >= 15 is 0 Å². The minimum Gasteiger partial charge on any atom is -0.397 e. The lowest BCUT2D eigenvalue weighted by molar-refractivity contribution is 0.0185. The Hall–Kier alpha value is -1.53. The SMILES string of the molecule is Nc1c[nH]c(C(=O)N2CCC(N3CCOCC3)C2)c1. The first-order valence-electron chi connectivity index (χ1n) is 6.79. The van der Waals surface area contributed by atoms with Crippen LogP contribution in [0.15, 0.2) is 12.3 Å². The molecule has 6 nitrogen and oxygen atoms in total. The molecule has 1 atom stereocenters. The number of likely N-dealkylation sites (tertiary alicyclic amines) is 1. The van der Waals surface area contributed by atoms with E-state index in [0.717, 1.165) is 45.8 Å². The van der Waals surface area contributed by atoms with Gasteiger partial charge in [0.2, 0.25) is 0 Å². The fraction of sp³-hybridized carbons (Fsp3) is 0.615. The predicted molar refractivity (Wildman–Crippen MR) is 71.9 cm³/mol. The zero-order valence-corrected chi connectivity index (χ0v) is 11.0. The number of H-pyrrole nitrogens is 1. The summed E-state index contributed by atoms with van der Waals surface area (Å²) in [5.41, 5.74) is 6.82. The topological polar surface area (TPSA) is 74.6 Å². The molecule has 1 aromatic heterocycles. The Morgan fingerprint density at radius 2 is 2.16 bits per heavy atom. The van der Waals surface area contributed by atoms with Gasteiger partial charge in [0.05, 0.1) is 13.2 Å². The molecule has 0 spiro atoms. The lowest BCUT2D eigenvalue weighted by atomic mass is 10.2. The third-order valence-corrected chi connectivity index (χ3v) is 3.95. The molecule has 1 amide bonds. The van der Waals surface area contributed by atoms with Gasteiger partial charge in [0.1, 0.15) is 5.69 Å². The third-order valence-electron chi connectivity index (χ3n) is 3.95. The van der Waals surface area contributed by atoms with E-state index in [-0.39, 0.29) is 5.91 Å². The van der Waals surface area contributed by atoms with Gasteiger partial charge < -0.3 is 20.4 Å². The van der Waals surface area contributed by atoms with Gasteiger partial charge in [-0.3, -0.25) is 9.69 Å². The number of anilines is 1. The Labute approximate surface area is 112 Å². The first kappa shape index (κ1) is 12.5. The predicted octanol–water partition coefficient (Wildman–Crippen LogP) is 0.144. The number of hydrogen-bond donors (Lipinski definition) is 2. The second-order valence-corrected chi connectivity index (χ2v) is 5.19. The molecule has 19 heavy (non-hydrogen) atoms. The van der Waals surface area contributed by atoms with Crippen LogP contribution in [0.3, 0.4) is 0 Å². The quantitative estimate of drug-likeness (QED) is 0.797. The minimum absolute atomic E-state index is 0.0486. The van der Waals surface area contributed by atoms with Crippen LogP contribution in [-0.4, -0.2) is 66.1 Å². The summed E-state index contributed by atoms with van der Waals surface area (Å²) >= 11 is 0. The van der Waals surface area contributed by atoms with E-state index in [1.807, 2.05) is 4.90 Å². The number of nitrogen functional groups attached to an aromatic ring is 1. The zero-order valence-electron chi connectivity index (χ0n) is 11.0. The van der Waals surface area contributed by atoms with Gasteiger partial charge in [0.15, 0.2) is 0 Å². The lowest BCUT2D eigenvalue weighted by Gasteiger charge is -2.32. The first-order valence-corrected chi connectivity index (χ1v) is 6.79. The van der Waals surface area contributed by atoms with Crippen molar-refractivity contribution in [3.63, 3.8) is 0 Å². The van der Waals surface area contributed by atoms with Crippen molar-refractivity contribution < 1.29 is 9.53 Å². The van der Waals surface area contributed by atoms with E-state index in [4.69, 9.17) is 10.5 Å². The number of nitrogens with two attached hydrogens (primary N) is 1. The van der Waals surface area contributed by atoms with Crippen molar-refractivity contribution >= 4 is 11.6 Å². The van der Waals surface area contributed by atoms with Gasteiger partial charge in [-0.05, 0) is 12.5 Å². The lowest BCUT2D eigenvalue weighted by Crippen LogP contribution is -2.45. The molecule has 3 rings (SSSR count). The maximum absolute atomic E-state index is 12.3. The minimum atomic E-state index is 0.0486. The van der Waals surface area contributed by atoms with Crippen molar-refractivity contribution in [2.75, 3.05) is 45.1 Å². The molecule has 3 N–H and O–H groups in total. The second-order valence-electron chi connectivity index (χ2n) is 5.19. The van der Waals surface area contributed by atoms with E-state index < -0.39 is 0 Å². The summed E-state index contributed by atoms with van der Waals surface area (Å²) in [7, 11) is 0. The molecule has 1 aromatic rings. The molecule has 0 aromatic carbocycles. The Bertz CT molecular complexity index is 453. The highest BCUT2D eigenvalue weighted by Gasteiger charge is 2.31. The van der Waals surface area contributed by atoms with Crippen molar-refractivity contribution in [2.24, 2.45) is 0 Å². The van der Waals surface area contributed by atoms with E-state index in [9.17, 15) is 4.79 Å². The highest BCUT2D eigenvalue weighted by Crippen LogP contribution is 2.19. The number of nitrogens with zero attached hydrogens (tertiary/aromatic N) is 2. The number of aromatic amines is 1. The molecule has 3 heterocycles. The summed E-state index contributed by atoms with van der Waals surface area (Å²) in [5.74, 6) is 0.0486. The summed E-state index contributed by atoms with van der Waals surface area (Å²) < 4.78 is 5.36. The van der Waals surface area contributed by atoms with Crippen LogP contribution in [-0.2, 0) is 4.74 Å². The molecule has 104 valence electrons. The summed E-state index contributed by atoms with van der Waals surface area (Å²) in [6.07, 6.45) is 2.70. The maximum atomic E-state index is 12.3. The normalized spacial score (nSPS) is 24.8. The van der Waals surface area contributed by atoms with Crippen molar-refractivity contribution in [3.05, 3.63) is 18.0 Å². The molecule has 0 bridgehead atoms. The first-order chi connectivity index (χ1) is 9.24. The Kier molecular flexibility index (Phi) is 3.44. The fourth-order valence-electron chi connectivity index (χ4n) is 2.87. The van der Waals surface area contributed by atoms with Crippen LogP contribution in [0, 0.1) is 0 Å². The molecular formula is C13H20N4O2. The largest absolute Gasteiger partial charge is 0.397 e. The summed E-state index contributed by atoms with van der Waals surface area (Å²) in [4.78, 5) is 19.5. The monoisotopic (exact) mass is 264 g/mol. The highest BCUT2D eigenvalue weighted by atomic mass is 16.5. The Morgan fingerprint density at radius 3 is 2.84 bits per heavy atom. The van der Waals surface area contributed by atoms with Gasteiger partial charge in [-0.25, -0.2) is 0 Å². The average molecular weight is 264 g/mol. The van der Waals surface area contributed by atoms with Crippen LogP contribution in [0.1, 0.15) is 16.9 Å². The Morgan fingerprint density at radius 1 is 1.37 bits per heavy atom. The molecule has 6 heteroatoms. The van der Waals surface area contributed by atoms with Crippen LogP contribution in [0.5, 0.6) is 0 Å². The van der Waals surface area contributed by atoms with E-state index in [2.05, 4.69) is 9.88 Å².